The average Bonchev–Trinajstić information content (AvgIpc) is 2.69. The van der Waals surface area contributed by atoms with E-state index in [4.69, 9.17) is 11.6 Å². The first-order chi connectivity index (χ1) is 13.0. The highest BCUT2D eigenvalue weighted by atomic mass is 35.5. The first kappa shape index (κ1) is 19.7. The molecule has 2 aromatic rings. The van der Waals surface area contributed by atoms with Crippen molar-refractivity contribution in [1.82, 2.24) is 5.32 Å². The third-order valence-electron chi connectivity index (χ3n) is 4.80. The lowest BCUT2D eigenvalue weighted by molar-refractivity contribution is 0.0943. The van der Waals surface area contributed by atoms with E-state index in [1.165, 1.54) is 31.4 Å². The standard InChI is InChI=1S/C20H23ClN2O3S/c21-18-11-4-5-12-19(18)23-27(25,26)17-10-6-9-16(13-17)20(24)22-14-15-7-2-1-3-8-15/h4-6,9-13,15,23H,1-3,7-8,14H2,(H,22,24). The largest absolute Gasteiger partial charge is 0.352 e. The summed E-state index contributed by atoms with van der Waals surface area (Å²) in [5.41, 5.74) is 0.624. The van der Waals surface area contributed by atoms with Crippen LogP contribution < -0.4 is 10.0 Å². The number of halogens is 1. The number of para-hydroxylation sites is 1. The van der Waals surface area contributed by atoms with Crippen LogP contribution in [-0.2, 0) is 10.0 Å². The number of nitrogens with one attached hydrogen (secondary N) is 2. The molecule has 1 saturated carbocycles. The van der Waals surface area contributed by atoms with Crippen molar-refractivity contribution in [3.63, 3.8) is 0 Å². The molecule has 2 N–H and O–H groups in total. The van der Waals surface area contributed by atoms with Crippen molar-refractivity contribution in [3.8, 4) is 0 Å². The second kappa shape index (κ2) is 8.76. The van der Waals surface area contributed by atoms with Crippen molar-refractivity contribution in [2.45, 2.75) is 37.0 Å². The molecule has 0 unspecified atom stereocenters. The Hall–Kier alpha value is -2.05. The Morgan fingerprint density at radius 2 is 1.78 bits per heavy atom. The number of hydrogen-bond acceptors (Lipinski definition) is 3. The van der Waals surface area contributed by atoms with Gasteiger partial charge in [0.05, 0.1) is 15.6 Å². The number of hydrogen-bond donors (Lipinski definition) is 2. The Bertz CT molecular complexity index is 909. The Morgan fingerprint density at radius 1 is 1.04 bits per heavy atom. The summed E-state index contributed by atoms with van der Waals surface area (Å²) in [5, 5.41) is 3.24. The number of benzene rings is 2. The molecule has 0 aliphatic heterocycles. The maximum Gasteiger partial charge on any atom is 0.261 e. The summed E-state index contributed by atoms with van der Waals surface area (Å²) in [6, 6.07) is 12.6. The predicted octanol–water partition coefficient (Wildman–Crippen LogP) is 4.45. The minimum absolute atomic E-state index is 0.0211. The minimum Gasteiger partial charge on any atom is -0.352 e. The molecular formula is C20H23ClN2O3S. The van der Waals surface area contributed by atoms with E-state index in [2.05, 4.69) is 10.0 Å². The topological polar surface area (TPSA) is 75.3 Å². The molecule has 27 heavy (non-hydrogen) atoms. The molecule has 0 heterocycles. The van der Waals surface area contributed by atoms with Crippen molar-refractivity contribution in [2.75, 3.05) is 11.3 Å². The molecule has 7 heteroatoms. The molecule has 3 rings (SSSR count). The van der Waals surface area contributed by atoms with Crippen LogP contribution in [0.3, 0.4) is 0 Å². The van der Waals surface area contributed by atoms with E-state index in [9.17, 15) is 13.2 Å². The van der Waals surface area contributed by atoms with E-state index in [-0.39, 0.29) is 10.8 Å². The highest BCUT2D eigenvalue weighted by Gasteiger charge is 2.19. The fourth-order valence-electron chi connectivity index (χ4n) is 3.28. The van der Waals surface area contributed by atoms with Gasteiger partial charge < -0.3 is 5.32 Å². The van der Waals surface area contributed by atoms with Gasteiger partial charge in [0, 0.05) is 12.1 Å². The summed E-state index contributed by atoms with van der Waals surface area (Å²) < 4.78 is 27.7. The number of amides is 1. The summed E-state index contributed by atoms with van der Waals surface area (Å²) >= 11 is 6.02. The molecule has 144 valence electrons. The van der Waals surface area contributed by atoms with Crippen molar-refractivity contribution in [2.24, 2.45) is 5.92 Å². The van der Waals surface area contributed by atoms with E-state index in [0.717, 1.165) is 12.8 Å². The lowest BCUT2D eigenvalue weighted by atomic mass is 9.89. The summed E-state index contributed by atoms with van der Waals surface area (Å²) in [6.07, 6.45) is 5.96. The van der Waals surface area contributed by atoms with Gasteiger partial charge in [-0.25, -0.2) is 8.42 Å². The van der Waals surface area contributed by atoms with Gasteiger partial charge in [-0.1, -0.05) is 49.1 Å². The molecule has 0 radical (unpaired) electrons. The van der Waals surface area contributed by atoms with Gasteiger partial charge in [-0.15, -0.1) is 0 Å². The molecule has 2 aromatic carbocycles. The van der Waals surface area contributed by atoms with Crippen LogP contribution in [-0.4, -0.2) is 20.9 Å². The molecule has 0 spiro atoms. The average molecular weight is 407 g/mol. The summed E-state index contributed by atoms with van der Waals surface area (Å²) in [5.74, 6) is 0.256. The second-order valence-corrected chi connectivity index (χ2v) is 8.92. The number of carbonyl (C=O) groups excluding carboxylic acids is 1. The van der Waals surface area contributed by atoms with Crippen LogP contribution in [0.25, 0.3) is 0 Å². The Labute approximate surface area is 165 Å². The van der Waals surface area contributed by atoms with E-state index in [1.807, 2.05) is 0 Å². The van der Waals surface area contributed by atoms with Crippen LogP contribution in [0.1, 0.15) is 42.5 Å². The van der Waals surface area contributed by atoms with E-state index >= 15 is 0 Å². The third kappa shape index (κ3) is 5.23. The fraction of sp³-hybridized carbons (Fsp3) is 0.350. The summed E-state index contributed by atoms with van der Waals surface area (Å²) in [7, 11) is -3.84. The van der Waals surface area contributed by atoms with E-state index in [0.29, 0.717) is 28.7 Å². The van der Waals surface area contributed by atoms with Crippen LogP contribution in [0.15, 0.2) is 53.4 Å². The third-order valence-corrected chi connectivity index (χ3v) is 6.49. The van der Waals surface area contributed by atoms with Crippen molar-refractivity contribution in [3.05, 3.63) is 59.1 Å². The quantitative estimate of drug-likeness (QED) is 0.744. The molecule has 5 nitrogen and oxygen atoms in total. The van der Waals surface area contributed by atoms with Gasteiger partial charge in [0.15, 0.2) is 0 Å². The zero-order chi connectivity index (χ0) is 19.3. The first-order valence-corrected chi connectivity index (χ1v) is 11.0. The minimum atomic E-state index is -3.84. The number of rotatable bonds is 6. The van der Waals surface area contributed by atoms with Crippen LogP contribution in [0.2, 0.25) is 5.02 Å². The van der Waals surface area contributed by atoms with Crippen molar-refractivity contribution in [1.29, 1.82) is 0 Å². The van der Waals surface area contributed by atoms with Gasteiger partial charge in [0.1, 0.15) is 0 Å². The van der Waals surface area contributed by atoms with Gasteiger partial charge in [-0.05, 0) is 49.1 Å². The van der Waals surface area contributed by atoms with Gasteiger partial charge in [0.25, 0.3) is 15.9 Å². The van der Waals surface area contributed by atoms with Gasteiger partial charge in [-0.3, -0.25) is 9.52 Å². The van der Waals surface area contributed by atoms with E-state index in [1.54, 1.807) is 36.4 Å². The number of sulfonamides is 1. The van der Waals surface area contributed by atoms with Gasteiger partial charge in [-0.2, -0.15) is 0 Å². The van der Waals surface area contributed by atoms with Crippen LogP contribution >= 0.6 is 11.6 Å². The predicted molar refractivity (Wildman–Crippen MR) is 108 cm³/mol. The Morgan fingerprint density at radius 3 is 2.52 bits per heavy atom. The summed E-state index contributed by atoms with van der Waals surface area (Å²) in [6.45, 7) is 0.633. The molecule has 1 aliphatic rings. The van der Waals surface area contributed by atoms with Crippen molar-refractivity contribution >= 4 is 33.2 Å². The van der Waals surface area contributed by atoms with Gasteiger partial charge in [0.2, 0.25) is 0 Å². The molecule has 1 fully saturated rings. The van der Waals surface area contributed by atoms with E-state index < -0.39 is 10.0 Å². The molecule has 1 amide bonds. The SMILES string of the molecule is O=C(NCC1CCCCC1)c1cccc(S(=O)(=O)Nc2ccccc2Cl)c1. The maximum atomic E-state index is 12.6. The normalized spacial score (nSPS) is 15.3. The Kier molecular flexibility index (Phi) is 6.39. The lowest BCUT2D eigenvalue weighted by Crippen LogP contribution is -2.30. The lowest BCUT2D eigenvalue weighted by Gasteiger charge is -2.21. The molecule has 0 bridgehead atoms. The zero-order valence-corrected chi connectivity index (χ0v) is 16.5. The summed E-state index contributed by atoms with van der Waals surface area (Å²) in [4.78, 5) is 12.5. The van der Waals surface area contributed by atoms with Gasteiger partial charge >= 0.3 is 0 Å². The number of carbonyl (C=O) groups is 1. The monoisotopic (exact) mass is 406 g/mol. The number of anilines is 1. The Balaban J connectivity index is 1.70. The molecule has 1 aliphatic carbocycles. The highest BCUT2D eigenvalue weighted by Crippen LogP contribution is 2.25. The molecule has 0 saturated heterocycles. The molecular weight excluding hydrogens is 384 g/mol. The highest BCUT2D eigenvalue weighted by molar-refractivity contribution is 7.92. The fourth-order valence-corrected chi connectivity index (χ4v) is 4.65. The molecule has 0 atom stereocenters. The van der Waals surface area contributed by atoms with Crippen LogP contribution in [0.4, 0.5) is 5.69 Å². The van der Waals surface area contributed by atoms with Crippen molar-refractivity contribution < 1.29 is 13.2 Å². The maximum absolute atomic E-state index is 12.6. The van der Waals surface area contributed by atoms with Crippen LogP contribution in [0, 0.1) is 5.92 Å². The second-order valence-electron chi connectivity index (χ2n) is 6.83. The zero-order valence-electron chi connectivity index (χ0n) is 14.9. The van der Waals surface area contributed by atoms with Crippen LogP contribution in [0.5, 0.6) is 0 Å². The molecule has 0 aromatic heterocycles. The first-order valence-electron chi connectivity index (χ1n) is 9.11. The smallest absolute Gasteiger partial charge is 0.261 e.